The number of carbonyl (C=O) groups is 1. The lowest BCUT2D eigenvalue weighted by Gasteiger charge is -2.10. The number of rotatable bonds is 4. The quantitative estimate of drug-likeness (QED) is 0.833. The van der Waals surface area contributed by atoms with Crippen LogP contribution in [0.5, 0.6) is 0 Å². The van der Waals surface area contributed by atoms with E-state index in [1.165, 1.54) is 6.07 Å². The Kier molecular flexibility index (Phi) is 4.09. The summed E-state index contributed by atoms with van der Waals surface area (Å²) in [6, 6.07) is 3.00. The minimum absolute atomic E-state index is 0.0257. The van der Waals surface area contributed by atoms with E-state index in [2.05, 4.69) is 0 Å². The molecule has 94 valence electrons. The van der Waals surface area contributed by atoms with Crippen LogP contribution in [-0.4, -0.2) is 11.1 Å². The van der Waals surface area contributed by atoms with Crippen LogP contribution < -0.4 is 0 Å². The molecule has 0 saturated heterocycles. The number of aryl methyl sites for hydroxylation is 1. The van der Waals surface area contributed by atoms with Crippen molar-refractivity contribution in [1.82, 2.24) is 0 Å². The van der Waals surface area contributed by atoms with Crippen LogP contribution in [0.15, 0.2) is 18.2 Å². The Morgan fingerprint density at radius 1 is 1.29 bits per heavy atom. The Labute approximate surface area is 94.9 Å². The topological polar surface area (TPSA) is 37.3 Å². The highest BCUT2D eigenvalue weighted by molar-refractivity contribution is 5.66. The van der Waals surface area contributed by atoms with E-state index in [4.69, 9.17) is 5.11 Å². The van der Waals surface area contributed by atoms with Gasteiger partial charge in [0.05, 0.1) is 5.56 Å². The van der Waals surface area contributed by atoms with Crippen LogP contribution in [0.3, 0.4) is 0 Å². The summed E-state index contributed by atoms with van der Waals surface area (Å²) in [6.07, 6.45) is -4.85. The molecule has 0 aliphatic carbocycles. The fourth-order valence-electron chi connectivity index (χ4n) is 1.42. The number of carboxylic acid groups (broad SMARTS) is 1. The Bertz CT molecular complexity index is 412. The second-order valence-corrected chi connectivity index (χ2v) is 3.52. The molecule has 2 nitrogen and oxygen atoms in total. The van der Waals surface area contributed by atoms with Crippen LogP contribution >= 0.6 is 0 Å². The van der Waals surface area contributed by atoms with Crippen molar-refractivity contribution in [2.45, 2.75) is 25.4 Å². The molecular formula is C11H10F4O2. The van der Waals surface area contributed by atoms with E-state index in [-0.39, 0.29) is 24.8 Å². The van der Waals surface area contributed by atoms with Crippen molar-refractivity contribution in [3.63, 3.8) is 0 Å². The van der Waals surface area contributed by atoms with Crippen molar-refractivity contribution in [3.05, 3.63) is 35.1 Å². The molecule has 0 aliphatic heterocycles. The van der Waals surface area contributed by atoms with Gasteiger partial charge in [-0.25, -0.2) is 4.39 Å². The molecule has 0 atom stereocenters. The van der Waals surface area contributed by atoms with Crippen molar-refractivity contribution in [3.8, 4) is 0 Å². The van der Waals surface area contributed by atoms with Crippen LogP contribution in [0.1, 0.15) is 24.0 Å². The third-order valence-electron chi connectivity index (χ3n) is 2.22. The van der Waals surface area contributed by atoms with E-state index in [0.717, 1.165) is 6.07 Å². The third kappa shape index (κ3) is 3.72. The summed E-state index contributed by atoms with van der Waals surface area (Å²) in [4.78, 5) is 10.2. The van der Waals surface area contributed by atoms with E-state index in [1.54, 1.807) is 0 Å². The van der Waals surface area contributed by atoms with Crippen LogP contribution in [0.25, 0.3) is 0 Å². The van der Waals surface area contributed by atoms with Gasteiger partial charge in [0.1, 0.15) is 5.82 Å². The molecule has 0 aromatic heterocycles. The zero-order valence-electron chi connectivity index (χ0n) is 8.72. The summed E-state index contributed by atoms with van der Waals surface area (Å²) in [5.74, 6) is -2.37. The Balaban J connectivity index is 2.84. The van der Waals surface area contributed by atoms with Gasteiger partial charge in [-0.15, -0.1) is 0 Å². The fourth-order valence-corrected chi connectivity index (χ4v) is 1.42. The number of aliphatic carboxylic acids is 1. The first-order valence-corrected chi connectivity index (χ1v) is 4.88. The molecule has 0 aliphatic rings. The van der Waals surface area contributed by atoms with E-state index in [9.17, 15) is 22.4 Å². The number of halogens is 4. The lowest BCUT2D eigenvalue weighted by molar-refractivity contribution is -0.140. The third-order valence-corrected chi connectivity index (χ3v) is 2.22. The molecule has 1 N–H and O–H groups in total. The fraction of sp³-hybridized carbons (Fsp3) is 0.364. The van der Waals surface area contributed by atoms with Gasteiger partial charge in [-0.1, -0.05) is 12.1 Å². The second kappa shape index (κ2) is 5.16. The van der Waals surface area contributed by atoms with Gasteiger partial charge in [0, 0.05) is 6.42 Å². The van der Waals surface area contributed by atoms with Crippen molar-refractivity contribution in [2.24, 2.45) is 0 Å². The van der Waals surface area contributed by atoms with Gasteiger partial charge in [-0.2, -0.15) is 13.2 Å². The first kappa shape index (κ1) is 13.5. The summed E-state index contributed by atoms with van der Waals surface area (Å²) in [5.41, 5.74) is -1.42. The van der Waals surface area contributed by atoms with Gasteiger partial charge in [0.15, 0.2) is 0 Å². The number of benzene rings is 1. The Morgan fingerprint density at radius 2 is 1.94 bits per heavy atom. The molecular weight excluding hydrogens is 240 g/mol. The molecule has 0 fully saturated rings. The number of carboxylic acids is 1. The van der Waals surface area contributed by atoms with Gasteiger partial charge in [0.25, 0.3) is 0 Å². The van der Waals surface area contributed by atoms with Crippen molar-refractivity contribution in [2.75, 3.05) is 0 Å². The molecule has 0 heterocycles. The van der Waals surface area contributed by atoms with Gasteiger partial charge in [-0.3, -0.25) is 4.79 Å². The average Bonchev–Trinajstić information content (AvgIpc) is 2.18. The predicted octanol–water partition coefficient (Wildman–Crippen LogP) is 3.25. The smallest absolute Gasteiger partial charge is 0.419 e. The SMILES string of the molecule is O=C(O)CCCc1cccc(C(F)(F)F)c1F. The zero-order chi connectivity index (χ0) is 13.1. The number of hydrogen-bond acceptors (Lipinski definition) is 1. The standard InChI is InChI=1S/C11H10F4O2/c12-10-7(4-2-6-9(16)17)3-1-5-8(10)11(13,14)15/h1,3,5H,2,4,6H2,(H,16,17). The summed E-state index contributed by atoms with van der Waals surface area (Å²) >= 11 is 0. The Morgan fingerprint density at radius 3 is 2.47 bits per heavy atom. The minimum Gasteiger partial charge on any atom is -0.481 e. The van der Waals surface area contributed by atoms with Crippen LogP contribution in [0.4, 0.5) is 17.6 Å². The summed E-state index contributed by atoms with van der Waals surface area (Å²) in [5, 5.41) is 8.37. The molecule has 6 heteroatoms. The lowest BCUT2D eigenvalue weighted by Crippen LogP contribution is -2.10. The molecule has 0 bridgehead atoms. The minimum atomic E-state index is -4.73. The van der Waals surface area contributed by atoms with Crippen LogP contribution in [0, 0.1) is 5.82 Å². The van der Waals surface area contributed by atoms with Crippen LogP contribution in [0.2, 0.25) is 0 Å². The molecule has 1 aromatic carbocycles. The van der Waals surface area contributed by atoms with E-state index >= 15 is 0 Å². The van der Waals surface area contributed by atoms with Crippen LogP contribution in [-0.2, 0) is 17.4 Å². The maximum atomic E-state index is 13.4. The maximum Gasteiger partial charge on any atom is 0.419 e. The molecule has 0 unspecified atom stereocenters. The van der Waals surface area contributed by atoms with Crippen molar-refractivity contribution < 1.29 is 27.5 Å². The van der Waals surface area contributed by atoms with Gasteiger partial charge in [0.2, 0.25) is 0 Å². The summed E-state index contributed by atoms with van der Waals surface area (Å²) in [6.45, 7) is 0. The largest absolute Gasteiger partial charge is 0.481 e. The van der Waals surface area contributed by atoms with Gasteiger partial charge >= 0.3 is 12.1 Å². The van der Waals surface area contributed by atoms with E-state index < -0.39 is 23.5 Å². The molecule has 1 aromatic rings. The van der Waals surface area contributed by atoms with Gasteiger partial charge < -0.3 is 5.11 Å². The summed E-state index contributed by atoms with van der Waals surface area (Å²) in [7, 11) is 0. The maximum absolute atomic E-state index is 13.4. The second-order valence-electron chi connectivity index (χ2n) is 3.52. The normalized spacial score (nSPS) is 11.5. The first-order valence-electron chi connectivity index (χ1n) is 4.88. The van der Waals surface area contributed by atoms with Crippen molar-refractivity contribution >= 4 is 5.97 Å². The van der Waals surface area contributed by atoms with E-state index in [1.807, 2.05) is 0 Å². The molecule has 0 spiro atoms. The highest BCUT2D eigenvalue weighted by Crippen LogP contribution is 2.32. The molecule has 0 amide bonds. The Hall–Kier alpha value is -1.59. The molecule has 17 heavy (non-hydrogen) atoms. The number of alkyl halides is 3. The monoisotopic (exact) mass is 250 g/mol. The summed E-state index contributed by atoms with van der Waals surface area (Å²) < 4.78 is 50.5. The average molecular weight is 250 g/mol. The molecule has 1 rings (SSSR count). The van der Waals surface area contributed by atoms with E-state index in [0.29, 0.717) is 6.07 Å². The number of hydrogen-bond donors (Lipinski definition) is 1. The predicted molar refractivity (Wildman–Crippen MR) is 52.0 cm³/mol. The molecule has 0 saturated carbocycles. The molecule has 0 radical (unpaired) electrons. The van der Waals surface area contributed by atoms with Gasteiger partial charge in [-0.05, 0) is 24.5 Å². The highest BCUT2D eigenvalue weighted by Gasteiger charge is 2.34. The van der Waals surface area contributed by atoms with Crippen molar-refractivity contribution in [1.29, 1.82) is 0 Å². The zero-order valence-corrected chi connectivity index (χ0v) is 8.72. The lowest BCUT2D eigenvalue weighted by atomic mass is 10.0. The first-order chi connectivity index (χ1) is 7.82. The highest BCUT2D eigenvalue weighted by atomic mass is 19.4.